The zero-order chi connectivity index (χ0) is 11.7. The topological polar surface area (TPSA) is 20.3 Å². The molecule has 0 saturated carbocycles. The molecule has 1 heterocycles. The highest BCUT2D eigenvalue weighted by atomic mass is 79.9. The summed E-state index contributed by atoms with van der Waals surface area (Å²) in [5.74, 6) is -0.671. The number of carbonyl (C=O) groups is 1. The standard InChI is InChI=1S/C12H13BrFNO/c1-8-4-3-7-15(8)12(16)9-5-2-6-10(13)11(9)14/h2,5-6,8H,3-4,7H2,1H3. The Hall–Kier alpha value is -0.900. The molecule has 1 aromatic carbocycles. The fourth-order valence-corrected chi connectivity index (χ4v) is 2.42. The normalized spacial score (nSPS) is 20.2. The summed E-state index contributed by atoms with van der Waals surface area (Å²) in [6.45, 7) is 2.73. The second-order valence-electron chi connectivity index (χ2n) is 4.09. The summed E-state index contributed by atoms with van der Waals surface area (Å²) in [5, 5.41) is 0. The van der Waals surface area contributed by atoms with Crippen LogP contribution in [0.2, 0.25) is 0 Å². The van der Waals surface area contributed by atoms with E-state index in [4.69, 9.17) is 0 Å². The number of hydrogen-bond acceptors (Lipinski definition) is 1. The van der Waals surface area contributed by atoms with Crippen molar-refractivity contribution in [1.82, 2.24) is 4.90 Å². The maximum atomic E-state index is 13.7. The summed E-state index contributed by atoms with van der Waals surface area (Å²) >= 11 is 3.09. The van der Waals surface area contributed by atoms with Crippen molar-refractivity contribution >= 4 is 21.8 Å². The van der Waals surface area contributed by atoms with Gasteiger partial charge in [-0.1, -0.05) is 6.07 Å². The summed E-state index contributed by atoms with van der Waals surface area (Å²) in [6, 6.07) is 5.03. The smallest absolute Gasteiger partial charge is 0.257 e. The van der Waals surface area contributed by atoms with E-state index in [1.807, 2.05) is 6.92 Å². The third-order valence-corrected chi connectivity index (χ3v) is 3.61. The molecule has 0 bridgehead atoms. The minimum Gasteiger partial charge on any atom is -0.336 e. The Kier molecular flexibility index (Phi) is 3.28. The molecule has 1 atom stereocenters. The summed E-state index contributed by atoms with van der Waals surface area (Å²) in [5.41, 5.74) is 0.156. The lowest BCUT2D eigenvalue weighted by Crippen LogP contribution is -2.34. The van der Waals surface area contributed by atoms with Crippen LogP contribution in [0.5, 0.6) is 0 Å². The van der Waals surface area contributed by atoms with E-state index in [0.29, 0.717) is 4.47 Å². The molecule has 16 heavy (non-hydrogen) atoms. The van der Waals surface area contributed by atoms with Crippen molar-refractivity contribution < 1.29 is 9.18 Å². The fourth-order valence-electron chi connectivity index (χ4n) is 2.06. The lowest BCUT2D eigenvalue weighted by Gasteiger charge is -2.21. The third-order valence-electron chi connectivity index (χ3n) is 3.00. The van der Waals surface area contributed by atoms with Gasteiger partial charge in [-0.3, -0.25) is 4.79 Å². The molecule has 1 aliphatic heterocycles. The van der Waals surface area contributed by atoms with Crippen LogP contribution in [0.25, 0.3) is 0 Å². The number of halogens is 2. The first kappa shape index (κ1) is 11.6. The van der Waals surface area contributed by atoms with Gasteiger partial charge in [0.1, 0.15) is 5.82 Å². The predicted molar refractivity (Wildman–Crippen MR) is 63.8 cm³/mol. The number of carbonyl (C=O) groups excluding carboxylic acids is 1. The number of hydrogen-bond donors (Lipinski definition) is 0. The molecular formula is C12H13BrFNO. The Morgan fingerprint density at radius 2 is 2.31 bits per heavy atom. The van der Waals surface area contributed by atoms with Crippen molar-refractivity contribution in [2.75, 3.05) is 6.54 Å². The molecule has 2 nitrogen and oxygen atoms in total. The second kappa shape index (κ2) is 4.53. The Morgan fingerprint density at radius 3 is 2.94 bits per heavy atom. The van der Waals surface area contributed by atoms with Crippen LogP contribution in [0.15, 0.2) is 22.7 Å². The van der Waals surface area contributed by atoms with Crippen molar-refractivity contribution in [2.24, 2.45) is 0 Å². The predicted octanol–water partition coefficient (Wildman–Crippen LogP) is 3.21. The molecule has 1 fully saturated rings. The molecule has 1 unspecified atom stereocenters. The van der Waals surface area contributed by atoms with Crippen LogP contribution in [-0.2, 0) is 0 Å². The maximum absolute atomic E-state index is 13.7. The highest BCUT2D eigenvalue weighted by Crippen LogP contribution is 2.24. The first-order chi connectivity index (χ1) is 7.61. The number of nitrogens with zero attached hydrogens (tertiary/aromatic N) is 1. The van der Waals surface area contributed by atoms with E-state index >= 15 is 0 Å². The lowest BCUT2D eigenvalue weighted by atomic mass is 10.1. The van der Waals surface area contributed by atoms with Gasteiger partial charge in [0.25, 0.3) is 5.91 Å². The van der Waals surface area contributed by atoms with Crippen molar-refractivity contribution in [3.8, 4) is 0 Å². The van der Waals surface area contributed by atoms with E-state index in [9.17, 15) is 9.18 Å². The molecule has 2 rings (SSSR count). The minimum absolute atomic E-state index is 0.156. The average Bonchev–Trinajstić information content (AvgIpc) is 2.68. The van der Waals surface area contributed by atoms with Gasteiger partial charge < -0.3 is 4.90 Å². The second-order valence-corrected chi connectivity index (χ2v) is 4.95. The molecular weight excluding hydrogens is 273 g/mol. The molecule has 1 amide bonds. The Morgan fingerprint density at radius 1 is 1.56 bits per heavy atom. The Balaban J connectivity index is 2.30. The fraction of sp³-hybridized carbons (Fsp3) is 0.417. The van der Waals surface area contributed by atoms with Crippen LogP contribution in [-0.4, -0.2) is 23.4 Å². The summed E-state index contributed by atoms with van der Waals surface area (Å²) < 4.78 is 14.1. The van der Waals surface area contributed by atoms with Crippen LogP contribution in [0, 0.1) is 5.82 Å². The third kappa shape index (κ3) is 1.98. The molecule has 0 aliphatic carbocycles. The number of benzene rings is 1. The monoisotopic (exact) mass is 285 g/mol. The van der Waals surface area contributed by atoms with Gasteiger partial charge in [-0.05, 0) is 47.8 Å². The maximum Gasteiger partial charge on any atom is 0.257 e. The van der Waals surface area contributed by atoms with E-state index in [-0.39, 0.29) is 17.5 Å². The van der Waals surface area contributed by atoms with Crippen molar-refractivity contribution in [1.29, 1.82) is 0 Å². The van der Waals surface area contributed by atoms with Gasteiger partial charge in [0, 0.05) is 12.6 Å². The zero-order valence-electron chi connectivity index (χ0n) is 9.04. The van der Waals surface area contributed by atoms with E-state index < -0.39 is 5.82 Å². The Bertz CT molecular complexity index is 421. The van der Waals surface area contributed by atoms with Crippen LogP contribution in [0.4, 0.5) is 4.39 Å². The van der Waals surface area contributed by atoms with Gasteiger partial charge in [0.2, 0.25) is 0 Å². The van der Waals surface area contributed by atoms with Gasteiger partial charge in [0.05, 0.1) is 10.0 Å². The van der Waals surface area contributed by atoms with Crippen LogP contribution < -0.4 is 0 Å². The van der Waals surface area contributed by atoms with Crippen molar-refractivity contribution in [2.45, 2.75) is 25.8 Å². The molecule has 1 aromatic rings. The number of amides is 1. The molecule has 1 aliphatic rings. The Labute approximate surface area is 103 Å². The summed E-state index contributed by atoms with van der Waals surface area (Å²) in [7, 11) is 0. The van der Waals surface area contributed by atoms with Gasteiger partial charge in [-0.25, -0.2) is 4.39 Å². The minimum atomic E-state index is -0.466. The van der Waals surface area contributed by atoms with Crippen molar-refractivity contribution in [3.05, 3.63) is 34.1 Å². The van der Waals surface area contributed by atoms with Gasteiger partial charge in [0.15, 0.2) is 0 Å². The molecule has 0 aromatic heterocycles. The van der Waals surface area contributed by atoms with E-state index in [2.05, 4.69) is 15.9 Å². The molecule has 0 radical (unpaired) electrons. The summed E-state index contributed by atoms with van der Waals surface area (Å²) in [6.07, 6.45) is 2.00. The van der Waals surface area contributed by atoms with E-state index in [1.165, 1.54) is 6.07 Å². The largest absolute Gasteiger partial charge is 0.336 e. The lowest BCUT2D eigenvalue weighted by molar-refractivity contribution is 0.0742. The van der Waals surface area contributed by atoms with Crippen molar-refractivity contribution in [3.63, 3.8) is 0 Å². The van der Waals surface area contributed by atoms with Crippen LogP contribution in [0.3, 0.4) is 0 Å². The SMILES string of the molecule is CC1CCCN1C(=O)c1cccc(Br)c1F. The average molecular weight is 286 g/mol. The van der Waals surface area contributed by atoms with Gasteiger partial charge in [-0.15, -0.1) is 0 Å². The van der Waals surface area contributed by atoms with E-state index in [1.54, 1.807) is 17.0 Å². The van der Waals surface area contributed by atoms with Gasteiger partial charge in [-0.2, -0.15) is 0 Å². The van der Waals surface area contributed by atoms with Gasteiger partial charge >= 0.3 is 0 Å². The number of rotatable bonds is 1. The highest BCUT2D eigenvalue weighted by Gasteiger charge is 2.27. The quantitative estimate of drug-likeness (QED) is 0.776. The molecule has 0 spiro atoms. The first-order valence-corrected chi connectivity index (χ1v) is 6.15. The van der Waals surface area contributed by atoms with E-state index in [0.717, 1.165) is 19.4 Å². The van der Waals surface area contributed by atoms with Crippen LogP contribution >= 0.6 is 15.9 Å². The molecule has 4 heteroatoms. The summed E-state index contributed by atoms with van der Waals surface area (Å²) in [4.78, 5) is 13.8. The number of likely N-dealkylation sites (tertiary alicyclic amines) is 1. The molecule has 0 N–H and O–H groups in total. The van der Waals surface area contributed by atoms with Crippen LogP contribution in [0.1, 0.15) is 30.1 Å². The highest BCUT2D eigenvalue weighted by molar-refractivity contribution is 9.10. The first-order valence-electron chi connectivity index (χ1n) is 5.36. The molecule has 1 saturated heterocycles. The zero-order valence-corrected chi connectivity index (χ0v) is 10.6. The molecule has 86 valence electrons.